The second-order valence-electron chi connectivity index (χ2n) is 6.72. The summed E-state index contributed by atoms with van der Waals surface area (Å²) in [5.41, 5.74) is 0. The summed E-state index contributed by atoms with van der Waals surface area (Å²) in [5.74, 6) is 1.11. The van der Waals surface area contributed by atoms with E-state index in [9.17, 15) is 4.79 Å². The first-order valence-corrected chi connectivity index (χ1v) is 9.77. The molecule has 0 radical (unpaired) electrons. The molecule has 0 bridgehead atoms. The lowest BCUT2D eigenvalue weighted by molar-refractivity contribution is -0.142. The number of halogens is 1. The van der Waals surface area contributed by atoms with E-state index in [0.717, 1.165) is 77.8 Å². The second-order valence-corrected chi connectivity index (χ2v) is 6.72. The minimum Gasteiger partial charge on any atom is -0.368 e. The Balaban J connectivity index is 0.00000338. The number of likely N-dealkylation sites (N-methyl/N-ethyl adjacent to an activating group) is 1. The molecule has 1 N–H and O–H groups in total. The average Bonchev–Trinajstić information content (AvgIpc) is 3.18. The number of carbonyl (C=O) groups is 1. The molecule has 0 aliphatic carbocycles. The number of hydrogen-bond donors (Lipinski definition) is 1. The van der Waals surface area contributed by atoms with Gasteiger partial charge in [-0.2, -0.15) is 0 Å². The van der Waals surface area contributed by atoms with Gasteiger partial charge < -0.3 is 24.8 Å². The molecule has 2 heterocycles. The highest BCUT2D eigenvalue weighted by atomic mass is 127. The molecule has 0 aromatic carbocycles. The Bertz CT molecular complexity index is 435. The Hall–Kier alpha value is -0.610. The third-order valence-corrected chi connectivity index (χ3v) is 5.01. The zero-order valence-corrected chi connectivity index (χ0v) is 18.9. The summed E-state index contributed by atoms with van der Waals surface area (Å²) >= 11 is 0. The standard InChI is InChI=1S/C18H35N5O2.HI/c1-4-9-21(5-2)10-8-20-18(19-3)23-13-11-22(12-14-23)17(24)16-7-6-15-25-16;/h16H,4-15H2,1-3H3,(H,19,20);1H. The van der Waals surface area contributed by atoms with Crippen LogP contribution < -0.4 is 5.32 Å². The number of ether oxygens (including phenoxy) is 1. The topological polar surface area (TPSA) is 60.4 Å². The fourth-order valence-electron chi connectivity index (χ4n) is 3.52. The summed E-state index contributed by atoms with van der Waals surface area (Å²) in [5, 5.41) is 3.47. The summed E-state index contributed by atoms with van der Waals surface area (Å²) in [6.45, 7) is 12.4. The smallest absolute Gasteiger partial charge is 0.251 e. The zero-order chi connectivity index (χ0) is 18.1. The first kappa shape index (κ1) is 23.4. The summed E-state index contributed by atoms with van der Waals surface area (Å²) in [6, 6.07) is 0. The van der Waals surface area contributed by atoms with Crippen molar-refractivity contribution in [2.24, 2.45) is 4.99 Å². The first-order valence-electron chi connectivity index (χ1n) is 9.77. The van der Waals surface area contributed by atoms with Gasteiger partial charge in [0.1, 0.15) is 6.10 Å². The van der Waals surface area contributed by atoms with Crippen molar-refractivity contribution in [1.29, 1.82) is 0 Å². The van der Waals surface area contributed by atoms with E-state index < -0.39 is 0 Å². The van der Waals surface area contributed by atoms with Crippen LogP contribution >= 0.6 is 24.0 Å². The molecule has 2 aliphatic heterocycles. The molecule has 0 spiro atoms. The van der Waals surface area contributed by atoms with E-state index in [1.54, 1.807) is 0 Å². The Morgan fingerprint density at radius 3 is 2.42 bits per heavy atom. The molecular weight excluding hydrogens is 445 g/mol. The van der Waals surface area contributed by atoms with E-state index in [0.29, 0.717) is 0 Å². The van der Waals surface area contributed by atoms with Gasteiger partial charge in [-0.3, -0.25) is 9.79 Å². The monoisotopic (exact) mass is 481 g/mol. The highest BCUT2D eigenvalue weighted by Crippen LogP contribution is 2.16. The van der Waals surface area contributed by atoms with Gasteiger partial charge in [0.05, 0.1) is 0 Å². The average molecular weight is 481 g/mol. The SMILES string of the molecule is CCCN(CC)CCNC(=NC)N1CCN(C(=O)C2CCCO2)CC1.I. The van der Waals surface area contributed by atoms with Crippen LogP contribution in [0.4, 0.5) is 0 Å². The van der Waals surface area contributed by atoms with Crippen molar-refractivity contribution in [3.05, 3.63) is 0 Å². The third-order valence-electron chi connectivity index (χ3n) is 5.01. The van der Waals surface area contributed by atoms with Gasteiger partial charge >= 0.3 is 0 Å². The fourth-order valence-corrected chi connectivity index (χ4v) is 3.52. The minimum absolute atomic E-state index is 0. The molecule has 0 aromatic rings. The van der Waals surface area contributed by atoms with E-state index in [2.05, 4.69) is 34.0 Å². The van der Waals surface area contributed by atoms with Crippen LogP contribution in [0.1, 0.15) is 33.1 Å². The summed E-state index contributed by atoms with van der Waals surface area (Å²) in [4.78, 5) is 23.5. The van der Waals surface area contributed by atoms with Gasteiger partial charge in [-0.1, -0.05) is 13.8 Å². The third kappa shape index (κ3) is 6.84. The van der Waals surface area contributed by atoms with Crippen molar-refractivity contribution in [1.82, 2.24) is 20.0 Å². The van der Waals surface area contributed by atoms with Crippen molar-refractivity contribution in [3.63, 3.8) is 0 Å². The number of piperazine rings is 1. The number of rotatable bonds is 7. The lowest BCUT2D eigenvalue weighted by Crippen LogP contribution is -2.55. The van der Waals surface area contributed by atoms with Crippen LogP contribution in [0.15, 0.2) is 4.99 Å². The van der Waals surface area contributed by atoms with Crippen LogP contribution in [0.5, 0.6) is 0 Å². The molecule has 1 atom stereocenters. The number of nitrogens with one attached hydrogen (secondary N) is 1. The molecule has 8 heteroatoms. The summed E-state index contributed by atoms with van der Waals surface area (Å²) < 4.78 is 5.52. The van der Waals surface area contributed by atoms with Gasteiger partial charge in [0.25, 0.3) is 5.91 Å². The number of nitrogens with zero attached hydrogens (tertiary/aromatic N) is 4. The lowest BCUT2D eigenvalue weighted by Gasteiger charge is -2.37. The highest BCUT2D eigenvalue weighted by molar-refractivity contribution is 14.0. The molecule has 1 amide bonds. The number of aliphatic imine (C=N–C) groups is 1. The maximum absolute atomic E-state index is 12.4. The van der Waals surface area contributed by atoms with Crippen LogP contribution in [0, 0.1) is 0 Å². The quantitative estimate of drug-likeness (QED) is 0.337. The predicted octanol–water partition coefficient (Wildman–Crippen LogP) is 1.23. The van der Waals surface area contributed by atoms with E-state index in [4.69, 9.17) is 4.74 Å². The molecule has 2 saturated heterocycles. The first-order chi connectivity index (χ1) is 12.2. The number of amides is 1. The van der Waals surface area contributed by atoms with Gasteiger partial charge in [-0.15, -0.1) is 24.0 Å². The maximum atomic E-state index is 12.4. The van der Waals surface area contributed by atoms with Gasteiger partial charge in [0.2, 0.25) is 0 Å². The van der Waals surface area contributed by atoms with Gasteiger partial charge in [0.15, 0.2) is 5.96 Å². The zero-order valence-electron chi connectivity index (χ0n) is 16.6. The molecule has 7 nitrogen and oxygen atoms in total. The fraction of sp³-hybridized carbons (Fsp3) is 0.889. The largest absolute Gasteiger partial charge is 0.368 e. The number of guanidine groups is 1. The van der Waals surface area contributed by atoms with E-state index in [1.165, 1.54) is 6.42 Å². The molecular formula is C18H36IN5O2. The van der Waals surface area contributed by atoms with Crippen LogP contribution in [-0.2, 0) is 9.53 Å². The number of carbonyl (C=O) groups excluding carboxylic acids is 1. The molecule has 1 unspecified atom stereocenters. The van der Waals surface area contributed by atoms with E-state index in [1.807, 2.05) is 11.9 Å². The molecule has 0 aromatic heterocycles. The molecule has 152 valence electrons. The minimum atomic E-state index is -0.206. The van der Waals surface area contributed by atoms with Crippen molar-refractivity contribution in [3.8, 4) is 0 Å². The molecule has 26 heavy (non-hydrogen) atoms. The van der Waals surface area contributed by atoms with Crippen molar-refractivity contribution in [2.45, 2.75) is 39.2 Å². The normalized spacial score (nSPS) is 21.1. The van der Waals surface area contributed by atoms with Crippen LogP contribution in [0.25, 0.3) is 0 Å². The molecule has 0 saturated carbocycles. The lowest BCUT2D eigenvalue weighted by atomic mass is 10.2. The Kier molecular flexibility index (Phi) is 11.5. The second kappa shape index (κ2) is 12.7. The van der Waals surface area contributed by atoms with Gasteiger partial charge in [0, 0.05) is 52.9 Å². The maximum Gasteiger partial charge on any atom is 0.251 e. The number of hydrogen-bond acceptors (Lipinski definition) is 4. The van der Waals surface area contributed by atoms with E-state index in [-0.39, 0.29) is 36.0 Å². The Morgan fingerprint density at radius 1 is 1.19 bits per heavy atom. The Labute approximate surface area is 175 Å². The molecule has 2 rings (SSSR count). The summed E-state index contributed by atoms with van der Waals surface area (Å²) in [7, 11) is 1.83. The van der Waals surface area contributed by atoms with Crippen LogP contribution in [0.3, 0.4) is 0 Å². The highest BCUT2D eigenvalue weighted by Gasteiger charge is 2.30. The van der Waals surface area contributed by atoms with Crippen molar-refractivity contribution < 1.29 is 9.53 Å². The van der Waals surface area contributed by atoms with Gasteiger partial charge in [-0.25, -0.2) is 0 Å². The van der Waals surface area contributed by atoms with Crippen LogP contribution in [-0.4, -0.2) is 98.7 Å². The molecule has 2 aliphatic rings. The summed E-state index contributed by atoms with van der Waals surface area (Å²) in [6.07, 6.45) is 2.85. The van der Waals surface area contributed by atoms with Crippen molar-refractivity contribution in [2.75, 3.05) is 66.0 Å². The van der Waals surface area contributed by atoms with Crippen molar-refractivity contribution >= 4 is 35.8 Å². The van der Waals surface area contributed by atoms with Crippen LogP contribution in [0.2, 0.25) is 0 Å². The van der Waals surface area contributed by atoms with Gasteiger partial charge in [-0.05, 0) is 32.4 Å². The Morgan fingerprint density at radius 2 is 1.88 bits per heavy atom. The molecule has 2 fully saturated rings. The van der Waals surface area contributed by atoms with E-state index >= 15 is 0 Å². The predicted molar refractivity (Wildman–Crippen MR) is 116 cm³/mol.